The fourth-order valence-electron chi connectivity index (χ4n) is 4.08. The van der Waals surface area contributed by atoms with E-state index in [1.807, 2.05) is 12.1 Å². The highest BCUT2D eigenvalue weighted by atomic mass is 16.5. The molecule has 3 rings (SSSR count). The van der Waals surface area contributed by atoms with Crippen molar-refractivity contribution in [1.29, 1.82) is 0 Å². The smallest absolute Gasteiger partial charge is 0.310 e. The van der Waals surface area contributed by atoms with Crippen molar-refractivity contribution < 1.29 is 9.53 Å². The maximum absolute atomic E-state index is 12.5. The molecule has 0 aliphatic heterocycles. The van der Waals surface area contributed by atoms with Crippen LogP contribution < -0.4 is 0 Å². The third-order valence-electron chi connectivity index (χ3n) is 5.41. The summed E-state index contributed by atoms with van der Waals surface area (Å²) in [5.41, 5.74) is 2.58. The number of nitrogens with zero attached hydrogens (tertiary/aromatic N) is 1. The first-order chi connectivity index (χ1) is 12.8. The summed E-state index contributed by atoms with van der Waals surface area (Å²) < 4.78 is 5.16. The summed E-state index contributed by atoms with van der Waals surface area (Å²) in [6.07, 6.45) is 5.48. The van der Waals surface area contributed by atoms with Crippen molar-refractivity contribution >= 4 is 5.97 Å². The first kappa shape index (κ1) is 18.7. The fraction of sp³-hybridized carbons (Fsp3) is 0.435. The number of rotatable bonds is 6. The molecular weight excluding hydrogens is 322 g/mol. The number of hydrogen-bond donors (Lipinski definition) is 0. The van der Waals surface area contributed by atoms with Crippen LogP contribution in [0.1, 0.15) is 43.2 Å². The van der Waals surface area contributed by atoms with Crippen molar-refractivity contribution in [2.75, 3.05) is 7.11 Å². The monoisotopic (exact) mass is 351 g/mol. The molecule has 0 unspecified atom stereocenters. The van der Waals surface area contributed by atoms with E-state index in [1.165, 1.54) is 31.1 Å². The molecule has 1 saturated carbocycles. The molecule has 2 atom stereocenters. The molecule has 2 aromatic carbocycles. The van der Waals surface area contributed by atoms with Gasteiger partial charge in [0, 0.05) is 19.1 Å². The SMILES string of the molecule is COC(=O)[C@@H]1CCCCC[C@H]1N(Cc1ccccc1)Cc1ccccc1. The standard InChI is InChI=1S/C23H29NO2/c1-26-23(25)21-15-9-4-10-16-22(21)24(17-19-11-5-2-6-12-19)18-20-13-7-3-8-14-20/h2-3,5-8,11-14,21-22H,4,9-10,15-18H2,1H3/t21-,22-/m1/s1. The van der Waals surface area contributed by atoms with E-state index in [2.05, 4.69) is 53.4 Å². The molecular formula is C23H29NO2. The van der Waals surface area contributed by atoms with Crippen molar-refractivity contribution in [1.82, 2.24) is 4.90 Å². The molecule has 0 bridgehead atoms. The van der Waals surface area contributed by atoms with E-state index in [1.54, 1.807) is 0 Å². The minimum atomic E-state index is -0.0528. The molecule has 1 aliphatic rings. The number of benzene rings is 2. The first-order valence-corrected chi connectivity index (χ1v) is 9.67. The Morgan fingerprint density at radius 1 is 0.885 bits per heavy atom. The topological polar surface area (TPSA) is 29.5 Å². The molecule has 0 amide bonds. The predicted octanol–water partition coefficient (Wildman–Crippen LogP) is 4.81. The molecule has 0 aromatic heterocycles. The summed E-state index contributed by atoms with van der Waals surface area (Å²) in [6, 6.07) is 21.3. The van der Waals surface area contributed by atoms with E-state index < -0.39 is 0 Å². The minimum absolute atomic E-state index is 0.0325. The van der Waals surface area contributed by atoms with E-state index in [0.717, 1.165) is 32.4 Å². The fourth-order valence-corrected chi connectivity index (χ4v) is 4.08. The summed E-state index contributed by atoms with van der Waals surface area (Å²) in [5, 5.41) is 0. The molecule has 1 aliphatic carbocycles. The van der Waals surface area contributed by atoms with Gasteiger partial charge in [-0.15, -0.1) is 0 Å². The van der Waals surface area contributed by atoms with Gasteiger partial charge in [-0.05, 0) is 24.0 Å². The number of hydrogen-bond acceptors (Lipinski definition) is 3. The highest BCUT2D eigenvalue weighted by Gasteiger charge is 2.34. The summed E-state index contributed by atoms with van der Waals surface area (Å²) in [4.78, 5) is 15.0. The van der Waals surface area contributed by atoms with Crippen LogP contribution in [0.3, 0.4) is 0 Å². The number of carbonyl (C=O) groups excluding carboxylic acids is 1. The Hall–Kier alpha value is -2.13. The van der Waals surface area contributed by atoms with E-state index >= 15 is 0 Å². The second-order valence-electron chi connectivity index (χ2n) is 7.21. The van der Waals surface area contributed by atoms with Gasteiger partial charge in [-0.1, -0.05) is 79.9 Å². The zero-order valence-electron chi connectivity index (χ0n) is 15.6. The average molecular weight is 351 g/mol. The van der Waals surface area contributed by atoms with Crippen LogP contribution in [0.15, 0.2) is 60.7 Å². The molecule has 0 N–H and O–H groups in total. The second-order valence-corrected chi connectivity index (χ2v) is 7.21. The van der Waals surface area contributed by atoms with E-state index in [4.69, 9.17) is 4.74 Å². The number of ether oxygens (including phenoxy) is 1. The van der Waals surface area contributed by atoms with Crippen molar-refractivity contribution in [2.24, 2.45) is 5.92 Å². The van der Waals surface area contributed by atoms with Gasteiger partial charge in [0.15, 0.2) is 0 Å². The van der Waals surface area contributed by atoms with Crippen molar-refractivity contribution in [2.45, 2.75) is 51.2 Å². The average Bonchev–Trinajstić information content (AvgIpc) is 2.94. The molecule has 2 aromatic rings. The Balaban J connectivity index is 1.87. The lowest BCUT2D eigenvalue weighted by atomic mass is 9.92. The number of methoxy groups -OCH3 is 1. The van der Waals surface area contributed by atoms with Crippen LogP contribution in [-0.4, -0.2) is 24.0 Å². The second kappa shape index (κ2) is 9.54. The van der Waals surface area contributed by atoms with Crippen molar-refractivity contribution in [3.63, 3.8) is 0 Å². The number of esters is 1. The summed E-state index contributed by atoms with van der Waals surface area (Å²) in [6.45, 7) is 1.71. The zero-order chi connectivity index (χ0) is 18.2. The van der Waals surface area contributed by atoms with E-state index in [9.17, 15) is 4.79 Å². The molecule has 3 nitrogen and oxygen atoms in total. The summed E-state index contributed by atoms with van der Waals surface area (Å²) in [5.74, 6) is -0.0852. The van der Waals surface area contributed by atoms with Crippen LogP contribution in [0.25, 0.3) is 0 Å². The Morgan fingerprint density at radius 3 is 1.96 bits per heavy atom. The lowest BCUT2D eigenvalue weighted by Gasteiger charge is -2.35. The summed E-state index contributed by atoms with van der Waals surface area (Å²) >= 11 is 0. The maximum Gasteiger partial charge on any atom is 0.310 e. The number of carbonyl (C=O) groups is 1. The van der Waals surface area contributed by atoms with Crippen LogP contribution in [-0.2, 0) is 22.6 Å². The third-order valence-corrected chi connectivity index (χ3v) is 5.41. The van der Waals surface area contributed by atoms with Crippen LogP contribution >= 0.6 is 0 Å². The Kier molecular flexibility index (Phi) is 6.84. The van der Waals surface area contributed by atoms with Crippen LogP contribution in [0.4, 0.5) is 0 Å². The molecule has 0 radical (unpaired) electrons. The maximum atomic E-state index is 12.5. The molecule has 26 heavy (non-hydrogen) atoms. The third kappa shape index (κ3) is 4.95. The van der Waals surface area contributed by atoms with Gasteiger partial charge < -0.3 is 4.74 Å². The lowest BCUT2D eigenvalue weighted by molar-refractivity contribution is -0.148. The quantitative estimate of drug-likeness (QED) is 0.552. The largest absolute Gasteiger partial charge is 0.469 e. The Morgan fingerprint density at radius 2 is 1.42 bits per heavy atom. The molecule has 0 spiro atoms. The Bertz CT molecular complexity index is 630. The van der Waals surface area contributed by atoms with Gasteiger partial charge in [0.25, 0.3) is 0 Å². The predicted molar refractivity (Wildman–Crippen MR) is 105 cm³/mol. The van der Waals surface area contributed by atoms with E-state index in [-0.39, 0.29) is 17.9 Å². The Labute approximate surface area is 157 Å². The van der Waals surface area contributed by atoms with Crippen LogP contribution in [0.2, 0.25) is 0 Å². The van der Waals surface area contributed by atoms with Gasteiger partial charge in [-0.3, -0.25) is 9.69 Å². The van der Waals surface area contributed by atoms with Crippen LogP contribution in [0.5, 0.6) is 0 Å². The highest BCUT2D eigenvalue weighted by Crippen LogP contribution is 2.30. The minimum Gasteiger partial charge on any atom is -0.469 e. The lowest BCUT2D eigenvalue weighted by Crippen LogP contribution is -2.42. The van der Waals surface area contributed by atoms with E-state index in [0.29, 0.717) is 0 Å². The molecule has 0 heterocycles. The van der Waals surface area contributed by atoms with Crippen molar-refractivity contribution in [3.05, 3.63) is 71.8 Å². The van der Waals surface area contributed by atoms with Gasteiger partial charge in [-0.25, -0.2) is 0 Å². The first-order valence-electron chi connectivity index (χ1n) is 9.67. The molecule has 3 heteroatoms. The van der Waals surface area contributed by atoms with Gasteiger partial charge in [-0.2, -0.15) is 0 Å². The van der Waals surface area contributed by atoms with Gasteiger partial charge in [0.2, 0.25) is 0 Å². The van der Waals surface area contributed by atoms with Crippen molar-refractivity contribution in [3.8, 4) is 0 Å². The highest BCUT2D eigenvalue weighted by molar-refractivity contribution is 5.73. The van der Waals surface area contributed by atoms with Gasteiger partial charge >= 0.3 is 5.97 Å². The van der Waals surface area contributed by atoms with Gasteiger partial charge in [0.05, 0.1) is 13.0 Å². The summed E-state index contributed by atoms with van der Waals surface area (Å²) in [7, 11) is 1.52. The zero-order valence-corrected chi connectivity index (χ0v) is 15.6. The molecule has 138 valence electrons. The van der Waals surface area contributed by atoms with Crippen LogP contribution in [0, 0.1) is 5.92 Å². The molecule has 1 fully saturated rings. The normalized spacial score (nSPS) is 20.5. The van der Waals surface area contributed by atoms with Gasteiger partial charge in [0.1, 0.15) is 0 Å². The molecule has 0 saturated heterocycles.